The first-order valence-corrected chi connectivity index (χ1v) is 13.0. The van der Waals surface area contributed by atoms with E-state index in [9.17, 15) is 4.79 Å². The van der Waals surface area contributed by atoms with Crippen LogP contribution in [0, 0.1) is 6.92 Å². The van der Waals surface area contributed by atoms with Crippen molar-refractivity contribution in [1.29, 1.82) is 0 Å². The maximum absolute atomic E-state index is 12.7. The van der Waals surface area contributed by atoms with E-state index in [1.165, 1.54) is 5.56 Å². The molecule has 6 heteroatoms. The first kappa shape index (κ1) is 22.0. The molecule has 31 heavy (non-hydrogen) atoms. The summed E-state index contributed by atoms with van der Waals surface area (Å²) in [5.41, 5.74) is 4.20. The summed E-state index contributed by atoms with van der Waals surface area (Å²) in [5, 5.41) is 4.33. The van der Waals surface area contributed by atoms with Crippen LogP contribution < -0.4 is 31.3 Å². The number of carbonyl (C=O) groups excluding carboxylic acids is 1. The fourth-order valence-electron chi connectivity index (χ4n) is 3.54. The molecule has 1 atom stereocenters. The number of likely N-dealkylation sites (tertiary alicyclic amines) is 1. The normalized spacial score (nSPS) is 17.3. The molecular formula is C25H25ClIN2O2-. The molecule has 0 radical (unpaired) electrons. The number of likely N-dealkylation sites (N-methyl/N-ethyl adjacent to an activating group) is 1. The third-order valence-electron chi connectivity index (χ3n) is 5.37. The van der Waals surface area contributed by atoms with Gasteiger partial charge in [0.1, 0.15) is 0 Å². The van der Waals surface area contributed by atoms with Crippen molar-refractivity contribution in [3.8, 4) is 11.5 Å². The zero-order chi connectivity index (χ0) is 22.0. The molecule has 1 fully saturated rings. The summed E-state index contributed by atoms with van der Waals surface area (Å²) in [6.07, 6.45) is 1.82. The van der Waals surface area contributed by atoms with Crippen LogP contribution in [0.3, 0.4) is 0 Å². The summed E-state index contributed by atoms with van der Waals surface area (Å²) in [6.45, 7) is 7.55. The van der Waals surface area contributed by atoms with E-state index < -0.39 is 21.2 Å². The molecule has 4 nitrogen and oxygen atoms in total. The van der Waals surface area contributed by atoms with Crippen LogP contribution in [-0.4, -0.2) is 23.9 Å². The number of rotatable bonds is 6. The molecule has 1 saturated heterocycles. The monoisotopic (exact) mass is 547 g/mol. The molecule has 0 spiro atoms. The van der Waals surface area contributed by atoms with Gasteiger partial charge in [-0.3, -0.25) is 0 Å². The van der Waals surface area contributed by atoms with Crippen molar-refractivity contribution < 1.29 is 30.7 Å². The second kappa shape index (κ2) is 9.49. The number of halogens is 2. The average Bonchev–Trinajstić information content (AvgIpc) is 2.99. The van der Waals surface area contributed by atoms with Gasteiger partial charge < -0.3 is 0 Å². The number of benzene rings is 2. The summed E-state index contributed by atoms with van der Waals surface area (Å²) in [6, 6.07) is 16.3. The van der Waals surface area contributed by atoms with Crippen LogP contribution in [0.1, 0.15) is 31.0 Å². The quantitative estimate of drug-likeness (QED) is 0.447. The summed E-state index contributed by atoms with van der Waals surface area (Å²) < 4.78 is 9.17. The molecule has 1 amide bonds. The molecule has 0 bridgehead atoms. The molecule has 2 aliphatic heterocycles. The summed E-state index contributed by atoms with van der Waals surface area (Å²) in [4.78, 5) is 14.5. The topological polar surface area (TPSA) is 41.6 Å². The van der Waals surface area contributed by atoms with Crippen LogP contribution >= 0.6 is 11.6 Å². The average molecular weight is 548 g/mol. The SMILES string of the molecule is CCN1CC2=C(N[C@@H](C)c3ccc(Oc4ccc(C)cc4)cc3)[I-]C=C(Cl)C=C2C1=O. The van der Waals surface area contributed by atoms with E-state index in [1.54, 1.807) is 0 Å². The third-order valence-corrected chi connectivity index (χ3v) is 8.52. The predicted molar refractivity (Wildman–Crippen MR) is 121 cm³/mol. The van der Waals surface area contributed by atoms with E-state index in [-0.39, 0.29) is 11.9 Å². The molecule has 0 aliphatic carbocycles. The molecule has 2 aliphatic rings. The fraction of sp³-hybridized carbons (Fsp3) is 0.240. The van der Waals surface area contributed by atoms with Gasteiger partial charge in [-0.15, -0.1) is 0 Å². The molecule has 0 aromatic heterocycles. The number of fused-ring (bicyclic) bond motifs is 1. The fourth-order valence-corrected chi connectivity index (χ4v) is 6.20. The van der Waals surface area contributed by atoms with E-state index in [4.69, 9.17) is 16.3 Å². The van der Waals surface area contributed by atoms with Gasteiger partial charge in [0.05, 0.1) is 0 Å². The maximum atomic E-state index is 12.7. The van der Waals surface area contributed by atoms with Gasteiger partial charge in [0, 0.05) is 0 Å². The minimum atomic E-state index is -0.447. The number of hydrogen-bond donors (Lipinski definition) is 1. The van der Waals surface area contributed by atoms with Crippen LogP contribution in [-0.2, 0) is 4.79 Å². The summed E-state index contributed by atoms with van der Waals surface area (Å²) in [7, 11) is 0. The van der Waals surface area contributed by atoms with Crippen molar-refractivity contribution in [3.05, 3.63) is 89.7 Å². The van der Waals surface area contributed by atoms with Crippen molar-refractivity contribution in [2.75, 3.05) is 13.1 Å². The number of ether oxygens (including phenoxy) is 1. The molecule has 1 N–H and O–H groups in total. The summed E-state index contributed by atoms with van der Waals surface area (Å²) >= 11 is 5.88. The molecular weight excluding hydrogens is 523 g/mol. The van der Waals surface area contributed by atoms with E-state index in [2.05, 4.69) is 35.4 Å². The second-order valence-corrected chi connectivity index (χ2v) is 10.4. The first-order valence-electron chi connectivity index (χ1n) is 10.3. The Hall–Kier alpha value is -2.25. The van der Waals surface area contributed by atoms with Crippen LogP contribution in [0.5, 0.6) is 11.5 Å². The third kappa shape index (κ3) is 4.99. The van der Waals surface area contributed by atoms with Gasteiger partial charge in [-0.25, -0.2) is 0 Å². The number of nitrogens with zero attached hydrogens (tertiary/aromatic N) is 1. The number of allylic oxidation sites excluding steroid dienone is 2. The predicted octanol–water partition coefficient (Wildman–Crippen LogP) is 2.62. The van der Waals surface area contributed by atoms with Gasteiger partial charge in [0.2, 0.25) is 0 Å². The number of hydrogen-bond acceptors (Lipinski definition) is 3. The first-order chi connectivity index (χ1) is 14.9. The Balaban J connectivity index is 1.50. The zero-order valence-electron chi connectivity index (χ0n) is 17.8. The molecule has 2 heterocycles. The van der Waals surface area contributed by atoms with E-state index in [0.717, 1.165) is 31.9 Å². The number of aryl methyl sites for hydroxylation is 1. The molecule has 0 unspecified atom stereocenters. The van der Waals surface area contributed by atoms with Crippen molar-refractivity contribution >= 4 is 17.5 Å². The second-order valence-electron chi connectivity index (χ2n) is 7.62. The van der Waals surface area contributed by atoms with Crippen LogP contribution in [0.15, 0.2) is 78.6 Å². The van der Waals surface area contributed by atoms with Crippen molar-refractivity contribution in [1.82, 2.24) is 10.2 Å². The van der Waals surface area contributed by atoms with Gasteiger partial charge in [-0.1, -0.05) is 0 Å². The number of carbonyl (C=O) groups is 1. The van der Waals surface area contributed by atoms with Gasteiger partial charge in [0.25, 0.3) is 0 Å². The van der Waals surface area contributed by atoms with E-state index in [1.807, 2.05) is 54.3 Å². The van der Waals surface area contributed by atoms with E-state index >= 15 is 0 Å². The Morgan fingerprint density at radius 3 is 2.42 bits per heavy atom. The Labute approximate surface area is 198 Å². The van der Waals surface area contributed by atoms with Gasteiger partial charge >= 0.3 is 193 Å². The van der Waals surface area contributed by atoms with E-state index in [0.29, 0.717) is 18.1 Å². The zero-order valence-corrected chi connectivity index (χ0v) is 20.7. The van der Waals surface area contributed by atoms with Gasteiger partial charge in [0.15, 0.2) is 0 Å². The number of amides is 1. The van der Waals surface area contributed by atoms with Crippen LogP contribution in [0.2, 0.25) is 0 Å². The summed E-state index contributed by atoms with van der Waals surface area (Å²) in [5.74, 6) is 1.71. The number of nitrogens with one attached hydrogen (secondary N) is 1. The molecule has 2 aromatic rings. The van der Waals surface area contributed by atoms with Crippen molar-refractivity contribution in [3.63, 3.8) is 0 Å². The molecule has 4 rings (SSSR count). The Morgan fingerprint density at radius 2 is 1.77 bits per heavy atom. The molecule has 2 aromatic carbocycles. The molecule has 162 valence electrons. The minimum absolute atomic E-state index is 0.0690. The van der Waals surface area contributed by atoms with Gasteiger partial charge in [-0.05, 0) is 6.92 Å². The standard InChI is InChI=1S/C25H25ClIN2O2/c1-4-29-15-23-22(25(29)30)13-19(26)14-27-24(23)28-17(3)18-7-11-21(12-8-18)31-20-9-5-16(2)6-10-20/h5-14,17,28H,4,15H2,1-3H3/q-1/t17-/m0/s1. The van der Waals surface area contributed by atoms with Crippen LogP contribution in [0.25, 0.3) is 0 Å². The molecule has 0 saturated carbocycles. The van der Waals surface area contributed by atoms with Crippen LogP contribution in [0.4, 0.5) is 0 Å². The van der Waals surface area contributed by atoms with Crippen molar-refractivity contribution in [2.24, 2.45) is 0 Å². The van der Waals surface area contributed by atoms with Crippen molar-refractivity contribution in [2.45, 2.75) is 26.8 Å². The van der Waals surface area contributed by atoms with Gasteiger partial charge in [-0.2, -0.15) is 0 Å². The Kier molecular flexibility index (Phi) is 6.72. The Morgan fingerprint density at radius 1 is 1.13 bits per heavy atom. The Bertz CT molecular complexity index is 1070.